The number of rotatable bonds is 8. The summed E-state index contributed by atoms with van der Waals surface area (Å²) in [5.41, 5.74) is 18.7. The van der Waals surface area contributed by atoms with E-state index in [0.717, 1.165) is 29.1 Å². The van der Waals surface area contributed by atoms with Gasteiger partial charge in [0.1, 0.15) is 0 Å². The summed E-state index contributed by atoms with van der Waals surface area (Å²) >= 11 is 0. The molecule has 0 unspecified atom stereocenters. The van der Waals surface area contributed by atoms with Crippen LogP contribution in [0.3, 0.4) is 0 Å². The van der Waals surface area contributed by atoms with Crippen molar-refractivity contribution in [1.29, 1.82) is 0 Å². The van der Waals surface area contributed by atoms with Gasteiger partial charge in [0.2, 0.25) is 0 Å². The molecule has 322 valence electrons. The molecule has 0 atom stereocenters. The first-order valence-corrected chi connectivity index (χ1v) is 24.6. The van der Waals surface area contributed by atoms with Gasteiger partial charge in [0.15, 0.2) is 0 Å². The van der Waals surface area contributed by atoms with Gasteiger partial charge in [-0.15, -0.1) is 0 Å². The maximum absolute atomic E-state index is 2.51. The largest absolute Gasteiger partial charge is 0.310 e. The van der Waals surface area contributed by atoms with Gasteiger partial charge >= 0.3 is 0 Å². The molecular formula is C65H52N2. The highest BCUT2D eigenvalue weighted by Crippen LogP contribution is 2.61. The SMILES string of the molecule is c1ccc(C2(c3ccccc3)c3ccccc3-c3ccc(N(c4ccc(-c5ccccc5-n5c6ccccc6c6ccccc65)cc4)c4ccc(C56CC7C[C@H](C5)C[C@@H](C7)C6)cc4)cc32)cc1. The zero-order chi connectivity index (χ0) is 44.1. The Hall–Kier alpha value is -7.42. The lowest BCUT2D eigenvalue weighted by Gasteiger charge is -2.57. The van der Waals surface area contributed by atoms with Gasteiger partial charge in [0, 0.05) is 33.4 Å². The highest BCUT2D eigenvalue weighted by molar-refractivity contribution is 6.09. The fourth-order valence-electron chi connectivity index (χ4n) is 14.3. The number of benzene rings is 9. The monoisotopic (exact) mass is 860 g/mol. The number of aromatic nitrogens is 1. The standard InChI is InChI=1S/C65H52N2/c1-3-15-49(16-4-1)65(50-17-5-2-6-18-50)59-23-11-7-20-55(59)56-36-35-53(40-60(56)65)66(52-33-29-48(30-34-52)64-41-44-37-45(42-64)39-46(38-44)43-64)51-31-27-47(28-32-51)54-19-8-12-24-61(54)67-62-25-13-9-21-57(62)58-22-10-14-26-63(58)67/h1-36,40,44-46H,37-39,41-43H2/t44-,45+,46?,64?. The fraction of sp³-hybridized carbons (Fsp3) is 0.169. The van der Waals surface area contributed by atoms with Crippen LogP contribution in [0, 0.1) is 17.8 Å². The smallest absolute Gasteiger partial charge is 0.0714 e. The number of fused-ring (bicyclic) bond motifs is 6. The summed E-state index contributed by atoms with van der Waals surface area (Å²) in [6.07, 6.45) is 8.48. The number of anilines is 3. The van der Waals surface area contributed by atoms with Crippen molar-refractivity contribution in [3.8, 4) is 27.9 Å². The Balaban J connectivity index is 0.933. The van der Waals surface area contributed by atoms with Crippen LogP contribution in [0.4, 0.5) is 17.1 Å². The summed E-state index contributed by atoms with van der Waals surface area (Å²) in [6, 6.07) is 84.4. The summed E-state index contributed by atoms with van der Waals surface area (Å²) in [5, 5.41) is 2.54. The van der Waals surface area contributed by atoms with Crippen LogP contribution in [-0.4, -0.2) is 4.57 Å². The maximum atomic E-state index is 2.51. The molecule has 0 saturated heterocycles. The molecule has 0 aliphatic heterocycles. The molecule has 15 rings (SSSR count). The van der Waals surface area contributed by atoms with E-state index in [-0.39, 0.29) is 0 Å². The number of hydrogen-bond acceptors (Lipinski definition) is 1. The number of para-hydroxylation sites is 3. The topological polar surface area (TPSA) is 8.17 Å². The van der Waals surface area contributed by atoms with Crippen molar-refractivity contribution in [2.24, 2.45) is 17.8 Å². The van der Waals surface area contributed by atoms with Gasteiger partial charge in [0.05, 0.1) is 22.1 Å². The molecule has 0 spiro atoms. The van der Waals surface area contributed by atoms with Crippen molar-refractivity contribution in [2.75, 3.05) is 4.90 Å². The van der Waals surface area contributed by atoms with Crippen LogP contribution in [0.15, 0.2) is 224 Å². The Morgan fingerprint density at radius 2 is 0.851 bits per heavy atom. The lowest BCUT2D eigenvalue weighted by molar-refractivity contribution is -0.00518. The van der Waals surface area contributed by atoms with E-state index in [0.29, 0.717) is 5.41 Å². The highest BCUT2D eigenvalue weighted by Gasteiger charge is 2.52. The Bertz CT molecular complexity index is 3360. The van der Waals surface area contributed by atoms with Gasteiger partial charge < -0.3 is 9.47 Å². The van der Waals surface area contributed by atoms with Crippen LogP contribution < -0.4 is 4.90 Å². The second-order valence-corrected chi connectivity index (χ2v) is 20.3. The van der Waals surface area contributed by atoms with E-state index in [1.165, 1.54) is 116 Å². The van der Waals surface area contributed by atoms with Crippen molar-refractivity contribution < 1.29 is 0 Å². The molecule has 10 aromatic rings. The Labute approximate surface area is 393 Å². The van der Waals surface area contributed by atoms with E-state index in [4.69, 9.17) is 0 Å². The molecule has 4 bridgehead atoms. The van der Waals surface area contributed by atoms with Gasteiger partial charge in [0.25, 0.3) is 0 Å². The van der Waals surface area contributed by atoms with Crippen molar-refractivity contribution in [2.45, 2.75) is 49.4 Å². The second kappa shape index (κ2) is 15.1. The van der Waals surface area contributed by atoms with Gasteiger partial charge in [-0.25, -0.2) is 0 Å². The predicted molar refractivity (Wildman–Crippen MR) is 278 cm³/mol. The molecule has 0 radical (unpaired) electrons. The van der Waals surface area contributed by atoms with Gasteiger partial charge in [-0.1, -0.05) is 170 Å². The zero-order valence-corrected chi connectivity index (χ0v) is 37.7. The molecule has 1 heterocycles. The summed E-state index contributed by atoms with van der Waals surface area (Å²) in [6.45, 7) is 0. The van der Waals surface area contributed by atoms with Gasteiger partial charge in [-0.05, 0) is 161 Å². The summed E-state index contributed by atoms with van der Waals surface area (Å²) in [7, 11) is 0. The lowest BCUT2D eigenvalue weighted by atomic mass is 9.48. The maximum Gasteiger partial charge on any atom is 0.0714 e. The molecule has 5 aliphatic rings. The highest BCUT2D eigenvalue weighted by atomic mass is 15.1. The first-order chi connectivity index (χ1) is 33.1. The molecule has 5 aliphatic carbocycles. The third-order valence-electron chi connectivity index (χ3n) is 16.6. The number of nitrogens with zero attached hydrogens (tertiary/aromatic N) is 2. The number of hydrogen-bond donors (Lipinski definition) is 0. The molecule has 67 heavy (non-hydrogen) atoms. The van der Waals surface area contributed by atoms with Crippen LogP contribution in [-0.2, 0) is 10.8 Å². The Kier molecular flexibility index (Phi) is 8.72. The minimum Gasteiger partial charge on any atom is -0.310 e. The van der Waals surface area contributed by atoms with E-state index in [1.54, 1.807) is 5.56 Å². The van der Waals surface area contributed by atoms with Crippen LogP contribution in [0.5, 0.6) is 0 Å². The van der Waals surface area contributed by atoms with E-state index in [2.05, 4.69) is 234 Å². The molecule has 0 N–H and O–H groups in total. The summed E-state index contributed by atoms with van der Waals surface area (Å²) in [4.78, 5) is 2.51. The van der Waals surface area contributed by atoms with E-state index in [9.17, 15) is 0 Å². The third kappa shape index (κ3) is 5.88. The zero-order valence-electron chi connectivity index (χ0n) is 37.7. The average Bonchev–Trinajstić information content (AvgIpc) is 3.88. The fourth-order valence-corrected chi connectivity index (χ4v) is 14.3. The molecule has 2 heteroatoms. The molecule has 0 amide bonds. The van der Waals surface area contributed by atoms with Crippen molar-refractivity contribution in [3.63, 3.8) is 0 Å². The first kappa shape index (κ1) is 38.8. The Morgan fingerprint density at radius 3 is 1.46 bits per heavy atom. The third-order valence-corrected chi connectivity index (χ3v) is 16.6. The summed E-state index contributed by atoms with van der Waals surface area (Å²) < 4.78 is 2.44. The quantitative estimate of drug-likeness (QED) is 0.148. The minimum atomic E-state index is -0.487. The van der Waals surface area contributed by atoms with E-state index >= 15 is 0 Å². The lowest BCUT2D eigenvalue weighted by Crippen LogP contribution is -2.48. The summed E-state index contributed by atoms with van der Waals surface area (Å²) in [5.74, 6) is 2.73. The molecule has 4 fully saturated rings. The molecule has 9 aromatic carbocycles. The molecule has 2 nitrogen and oxygen atoms in total. The molecule has 4 saturated carbocycles. The van der Waals surface area contributed by atoms with Crippen LogP contribution in [0.25, 0.3) is 49.7 Å². The second-order valence-electron chi connectivity index (χ2n) is 20.3. The van der Waals surface area contributed by atoms with Gasteiger partial charge in [-0.2, -0.15) is 0 Å². The first-order valence-electron chi connectivity index (χ1n) is 24.6. The minimum absolute atomic E-state index is 0.341. The van der Waals surface area contributed by atoms with Crippen LogP contribution in [0.1, 0.15) is 66.3 Å². The van der Waals surface area contributed by atoms with E-state index in [1.807, 2.05) is 0 Å². The Morgan fingerprint density at radius 1 is 0.373 bits per heavy atom. The van der Waals surface area contributed by atoms with Gasteiger partial charge in [-0.3, -0.25) is 0 Å². The molecular weight excluding hydrogens is 809 g/mol. The van der Waals surface area contributed by atoms with Crippen LogP contribution >= 0.6 is 0 Å². The average molecular weight is 861 g/mol. The van der Waals surface area contributed by atoms with Crippen molar-refractivity contribution >= 4 is 38.9 Å². The predicted octanol–water partition coefficient (Wildman–Crippen LogP) is 16.8. The van der Waals surface area contributed by atoms with Crippen LogP contribution in [0.2, 0.25) is 0 Å². The normalized spacial score (nSPS) is 20.8. The van der Waals surface area contributed by atoms with Crippen molar-refractivity contribution in [3.05, 3.63) is 252 Å². The molecule has 1 aromatic heterocycles. The van der Waals surface area contributed by atoms with E-state index < -0.39 is 5.41 Å². The van der Waals surface area contributed by atoms with Crippen molar-refractivity contribution in [1.82, 2.24) is 4.57 Å².